The summed E-state index contributed by atoms with van der Waals surface area (Å²) in [6, 6.07) is 14.3. The number of rotatable bonds is 3. The number of halogens is 1. The summed E-state index contributed by atoms with van der Waals surface area (Å²) in [4.78, 5) is 0.305. The Bertz CT molecular complexity index is 756. The van der Waals surface area contributed by atoms with E-state index in [0.29, 0.717) is 11.3 Å². The van der Waals surface area contributed by atoms with Crippen LogP contribution in [0, 0.1) is 6.92 Å². The van der Waals surface area contributed by atoms with Gasteiger partial charge in [0.1, 0.15) is 0 Å². The highest BCUT2D eigenvalue weighted by Crippen LogP contribution is 2.37. The van der Waals surface area contributed by atoms with Gasteiger partial charge in [-0.05, 0) is 37.1 Å². The molecule has 0 N–H and O–H groups in total. The molecule has 0 fully saturated rings. The second-order valence-electron chi connectivity index (χ2n) is 5.25. The van der Waals surface area contributed by atoms with Crippen molar-refractivity contribution < 1.29 is 8.42 Å². The summed E-state index contributed by atoms with van der Waals surface area (Å²) in [5.41, 5.74) is 2.80. The van der Waals surface area contributed by atoms with Crippen molar-refractivity contribution in [3.8, 4) is 0 Å². The lowest BCUT2D eigenvalue weighted by molar-refractivity contribution is 0.584. The Balaban J connectivity index is 2.11. The van der Waals surface area contributed by atoms with Gasteiger partial charge in [-0.3, -0.25) is 4.31 Å². The van der Waals surface area contributed by atoms with Gasteiger partial charge in [0.15, 0.2) is 0 Å². The Labute approximate surface area is 130 Å². The molecule has 0 aromatic heterocycles. The predicted molar refractivity (Wildman–Crippen MR) is 85.5 cm³/mol. The maximum absolute atomic E-state index is 12.9. The molecule has 110 valence electrons. The fourth-order valence-corrected chi connectivity index (χ4v) is 4.71. The number of nitrogens with zero attached hydrogens (tertiary/aromatic N) is 1. The fourth-order valence-electron chi connectivity index (χ4n) is 2.70. The molecule has 2 aromatic rings. The average Bonchev–Trinajstić information content (AvgIpc) is 2.87. The van der Waals surface area contributed by atoms with E-state index in [4.69, 9.17) is 11.6 Å². The number of para-hydroxylation sites is 1. The van der Waals surface area contributed by atoms with Gasteiger partial charge >= 0.3 is 0 Å². The summed E-state index contributed by atoms with van der Waals surface area (Å²) < 4.78 is 27.4. The number of hydrogen-bond donors (Lipinski definition) is 0. The molecule has 5 heteroatoms. The highest BCUT2D eigenvalue weighted by molar-refractivity contribution is 7.92. The quantitative estimate of drug-likeness (QED) is 0.813. The van der Waals surface area contributed by atoms with E-state index in [0.717, 1.165) is 16.8 Å². The van der Waals surface area contributed by atoms with Crippen molar-refractivity contribution in [3.05, 3.63) is 59.7 Å². The Morgan fingerprint density at radius 3 is 2.48 bits per heavy atom. The summed E-state index contributed by atoms with van der Waals surface area (Å²) >= 11 is 6.01. The third-order valence-corrected chi connectivity index (χ3v) is 6.01. The summed E-state index contributed by atoms with van der Waals surface area (Å²) in [6.45, 7) is 1.93. The van der Waals surface area contributed by atoms with Crippen LogP contribution < -0.4 is 4.31 Å². The Morgan fingerprint density at radius 1 is 1.14 bits per heavy atom. The van der Waals surface area contributed by atoms with E-state index in [-0.39, 0.29) is 11.9 Å². The summed E-state index contributed by atoms with van der Waals surface area (Å²) in [6.07, 6.45) is 0.658. The standard InChI is InChI=1S/C16H16ClNO2S/c1-12-6-8-15(9-7-12)21(19,20)18-14(11-17)10-13-4-2-3-5-16(13)18/h2-9,14H,10-11H2,1H3/t14-/m0/s1. The lowest BCUT2D eigenvalue weighted by atomic mass is 10.1. The average molecular weight is 322 g/mol. The Morgan fingerprint density at radius 2 is 1.81 bits per heavy atom. The van der Waals surface area contributed by atoms with Crippen molar-refractivity contribution in [2.24, 2.45) is 0 Å². The van der Waals surface area contributed by atoms with Crippen molar-refractivity contribution in [1.29, 1.82) is 0 Å². The minimum Gasteiger partial charge on any atom is -0.261 e. The van der Waals surface area contributed by atoms with Gasteiger partial charge < -0.3 is 0 Å². The highest BCUT2D eigenvalue weighted by Gasteiger charge is 2.37. The molecule has 0 unspecified atom stereocenters. The van der Waals surface area contributed by atoms with Crippen LogP contribution in [0.25, 0.3) is 0 Å². The van der Waals surface area contributed by atoms with E-state index in [9.17, 15) is 8.42 Å². The molecule has 3 nitrogen and oxygen atoms in total. The van der Waals surface area contributed by atoms with Crippen LogP contribution in [0.3, 0.4) is 0 Å². The van der Waals surface area contributed by atoms with Crippen molar-refractivity contribution in [3.63, 3.8) is 0 Å². The summed E-state index contributed by atoms with van der Waals surface area (Å²) in [5, 5.41) is 0. The van der Waals surface area contributed by atoms with Gasteiger partial charge in [0.25, 0.3) is 10.0 Å². The first-order chi connectivity index (χ1) is 10.0. The SMILES string of the molecule is Cc1ccc(S(=O)(=O)N2c3ccccc3C[C@H]2CCl)cc1. The molecule has 0 saturated carbocycles. The monoisotopic (exact) mass is 321 g/mol. The van der Waals surface area contributed by atoms with E-state index >= 15 is 0 Å². The molecule has 0 spiro atoms. The topological polar surface area (TPSA) is 37.4 Å². The van der Waals surface area contributed by atoms with Gasteiger partial charge in [0.05, 0.1) is 16.6 Å². The van der Waals surface area contributed by atoms with Gasteiger partial charge in [-0.2, -0.15) is 0 Å². The molecule has 3 rings (SSSR count). The van der Waals surface area contributed by atoms with Crippen LogP contribution in [0.2, 0.25) is 0 Å². The molecule has 21 heavy (non-hydrogen) atoms. The molecule has 0 saturated heterocycles. The minimum atomic E-state index is -3.58. The number of aryl methyl sites for hydroxylation is 1. The maximum atomic E-state index is 12.9. The van der Waals surface area contributed by atoms with E-state index < -0.39 is 10.0 Å². The van der Waals surface area contributed by atoms with Crippen LogP contribution in [0.15, 0.2) is 53.4 Å². The van der Waals surface area contributed by atoms with Gasteiger partial charge in [-0.25, -0.2) is 8.42 Å². The van der Waals surface area contributed by atoms with E-state index in [1.165, 1.54) is 4.31 Å². The van der Waals surface area contributed by atoms with Crippen molar-refractivity contribution >= 4 is 27.3 Å². The largest absolute Gasteiger partial charge is 0.264 e. The molecule has 1 aliphatic rings. The first-order valence-corrected chi connectivity index (χ1v) is 8.76. The smallest absolute Gasteiger partial charge is 0.261 e. The molecule has 0 radical (unpaired) electrons. The molecular formula is C16H16ClNO2S. The van der Waals surface area contributed by atoms with E-state index in [1.54, 1.807) is 12.1 Å². The normalized spacial score (nSPS) is 17.8. The zero-order valence-corrected chi connectivity index (χ0v) is 13.2. The zero-order chi connectivity index (χ0) is 15.0. The molecule has 0 aliphatic carbocycles. The number of fused-ring (bicyclic) bond motifs is 1. The van der Waals surface area contributed by atoms with Crippen LogP contribution in [0.1, 0.15) is 11.1 Å². The van der Waals surface area contributed by atoms with E-state index in [1.807, 2.05) is 43.3 Å². The summed E-state index contributed by atoms with van der Waals surface area (Å²) in [7, 11) is -3.58. The number of anilines is 1. The van der Waals surface area contributed by atoms with Crippen LogP contribution in [0.4, 0.5) is 5.69 Å². The van der Waals surface area contributed by atoms with Crippen molar-refractivity contribution in [1.82, 2.24) is 0 Å². The van der Waals surface area contributed by atoms with Crippen LogP contribution >= 0.6 is 11.6 Å². The Kier molecular flexibility index (Phi) is 3.68. The third kappa shape index (κ3) is 2.43. The fraction of sp³-hybridized carbons (Fsp3) is 0.250. The molecule has 1 aliphatic heterocycles. The summed E-state index contributed by atoms with van der Waals surface area (Å²) in [5.74, 6) is 0.278. The first kappa shape index (κ1) is 14.4. The van der Waals surface area contributed by atoms with E-state index in [2.05, 4.69) is 0 Å². The predicted octanol–water partition coefficient (Wildman–Crippen LogP) is 3.35. The molecule has 2 aromatic carbocycles. The van der Waals surface area contributed by atoms with Crippen LogP contribution in [-0.4, -0.2) is 20.3 Å². The molecule has 1 atom stereocenters. The molecule has 1 heterocycles. The zero-order valence-electron chi connectivity index (χ0n) is 11.7. The van der Waals surface area contributed by atoms with Gasteiger partial charge in [0, 0.05) is 5.88 Å². The third-order valence-electron chi connectivity index (χ3n) is 3.77. The number of benzene rings is 2. The van der Waals surface area contributed by atoms with Gasteiger partial charge in [-0.15, -0.1) is 11.6 Å². The Hall–Kier alpha value is -1.52. The first-order valence-electron chi connectivity index (χ1n) is 6.79. The molecular weight excluding hydrogens is 306 g/mol. The maximum Gasteiger partial charge on any atom is 0.264 e. The molecule has 0 amide bonds. The van der Waals surface area contributed by atoms with Crippen LogP contribution in [-0.2, 0) is 16.4 Å². The lowest BCUT2D eigenvalue weighted by Crippen LogP contribution is -2.38. The number of hydrogen-bond acceptors (Lipinski definition) is 2. The van der Waals surface area contributed by atoms with Crippen molar-refractivity contribution in [2.45, 2.75) is 24.3 Å². The van der Waals surface area contributed by atoms with Gasteiger partial charge in [0.2, 0.25) is 0 Å². The minimum absolute atomic E-state index is 0.227. The van der Waals surface area contributed by atoms with Crippen LogP contribution in [0.5, 0.6) is 0 Å². The number of sulfonamides is 1. The molecule has 0 bridgehead atoms. The highest BCUT2D eigenvalue weighted by atomic mass is 35.5. The van der Waals surface area contributed by atoms with Gasteiger partial charge in [-0.1, -0.05) is 35.9 Å². The second-order valence-corrected chi connectivity index (χ2v) is 7.38. The lowest BCUT2D eigenvalue weighted by Gasteiger charge is -2.25. The number of alkyl halides is 1. The second kappa shape index (κ2) is 5.35. The van der Waals surface area contributed by atoms with Crippen molar-refractivity contribution in [2.75, 3.05) is 10.2 Å².